The lowest BCUT2D eigenvalue weighted by Crippen LogP contribution is -2.42. The van der Waals surface area contributed by atoms with Crippen molar-refractivity contribution in [3.05, 3.63) is 21.9 Å². The van der Waals surface area contributed by atoms with E-state index < -0.39 is 0 Å². The van der Waals surface area contributed by atoms with Gasteiger partial charge < -0.3 is 15.5 Å². The number of aliphatic imine (C=N–C) groups is 1. The summed E-state index contributed by atoms with van der Waals surface area (Å²) in [5, 5.41) is 9.01. The maximum Gasteiger partial charge on any atom is 0.191 e. The number of piperidine rings is 1. The molecule has 0 aromatic carbocycles. The lowest BCUT2D eigenvalue weighted by Gasteiger charge is -2.29. The van der Waals surface area contributed by atoms with Crippen molar-refractivity contribution in [3.8, 4) is 0 Å². The van der Waals surface area contributed by atoms with Crippen molar-refractivity contribution in [2.75, 3.05) is 33.2 Å². The molecule has 0 aliphatic carbocycles. The molecule has 6 heteroatoms. The highest BCUT2D eigenvalue weighted by atomic mass is 127. The van der Waals surface area contributed by atoms with Crippen LogP contribution in [-0.4, -0.2) is 44.1 Å². The van der Waals surface area contributed by atoms with Gasteiger partial charge in [-0.15, -0.1) is 35.3 Å². The molecule has 2 N–H and O–H groups in total. The molecule has 132 valence electrons. The van der Waals surface area contributed by atoms with Crippen LogP contribution in [0.2, 0.25) is 0 Å². The van der Waals surface area contributed by atoms with Crippen molar-refractivity contribution in [1.29, 1.82) is 0 Å². The SMILES string of the molecule is CN=C(NCc1sccc1C)NCC(C)CN1CCCCC1.I. The predicted octanol–water partition coefficient (Wildman–Crippen LogP) is 3.46. The van der Waals surface area contributed by atoms with Crippen molar-refractivity contribution in [3.63, 3.8) is 0 Å². The van der Waals surface area contributed by atoms with Gasteiger partial charge >= 0.3 is 0 Å². The monoisotopic (exact) mass is 450 g/mol. The zero-order valence-electron chi connectivity index (χ0n) is 14.6. The van der Waals surface area contributed by atoms with Gasteiger partial charge in [-0.1, -0.05) is 13.3 Å². The smallest absolute Gasteiger partial charge is 0.191 e. The first-order valence-electron chi connectivity index (χ1n) is 8.39. The number of guanidine groups is 1. The molecule has 1 aliphatic heterocycles. The minimum Gasteiger partial charge on any atom is -0.356 e. The summed E-state index contributed by atoms with van der Waals surface area (Å²) in [6.07, 6.45) is 4.13. The quantitative estimate of drug-likeness (QED) is 0.396. The molecule has 2 heterocycles. The molecule has 4 nitrogen and oxygen atoms in total. The van der Waals surface area contributed by atoms with Crippen molar-refractivity contribution < 1.29 is 0 Å². The minimum atomic E-state index is 0. The Morgan fingerprint density at radius 3 is 2.65 bits per heavy atom. The van der Waals surface area contributed by atoms with Gasteiger partial charge in [0.05, 0.1) is 6.54 Å². The summed E-state index contributed by atoms with van der Waals surface area (Å²) in [6.45, 7) is 10.0. The average Bonchev–Trinajstić information content (AvgIpc) is 2.94. The van der Waals surface area contributed by atoms with Crippen LogP contribution >= 0.6 is 35.3 Å². The van der Waals surface area contributed by atoms with E-state index in [9.17, 15) is 0 Å². The fourth-order valence-corrected chi connectivity index (χ4v) is 3.73. The maximum atomic E-state index is 4.32. The van der Waals surface area contributed by atoms with Gasteiger partial charge in [0.1, 0.15) is 0 Å². The number of rotatable bonds is 6. The van der Waals surface area contributed by atoms with Crippen LogP contribution in [-0.2, 0) is 6.54 Å². The fourth-order valence-electron chi connectivity index (χ4n) is 2.89. The molecule has 2 rings (SSSR count). The molecule has 1 aromatic heterocycles. The number of thiophene rings is 1. The van der Waals surface area contributed by atoms with Gasteiger partial charge in [-0.3, -0.25) is 4.99 Å². The number of halogens is 1. The van der Waals surface area contributed by atoms with Gasteiger partial charge in [0.2, 0.25) is 0 Å². The van der Waals surface area contributed by atoms with E-state index >= 15 is 0 Å². The molecular weight excluding hydrogens is 419 g/mol. The van der Waals surface area contributed by atoms with Crippen LogP contribution in [0.5, 0.6) is 0 Å². The molecule has 1 aromatic rings. The van der Waals surface area contributed by atoms with E-state index in [0.717, 1.165) is 19.0 Å². The molecule has 1 aliphatic rings. The third-order valence-corrected chi connectivity index (χ3v) is 5.27. The number of likely N-dealkylation sites (tertiary alicyclic amines) is 1. The van der Waals surface area contributed by atoms with Gasteiger partial charge in [0.25, 0.3) is 0 Å². The fraction of sp³-hybridized carbons (Fsp3) is 0.706. The van der Waals surface area contributed by atoms with Crippen molar-refractivity contribution in [1.82, 2.24) is 15.5 Å². The van der Waals surface area contributed by atoms with Crippen molar-refractivity contribution >= 4 is 41.3 Å². The summed E-state index contributed by atoms with van der Waals surface area (Å²) in [7, 11) is 1.84. The maximum absolute atomic E-state index is 4.32. The molecular formula is C17H31IN4S. The molecule has 1 atom stereocenters. The minimum absolute atomic E-state index is 0. The summed E-state index contributed by atoms with van der Waals surface area (Å²) in [5.74, 6) is 1.54. The average molecular weight is 450 g/mol. The Kier molecular flexibility index (Phi) is 10.1. The van der Waals surface area contributed by atoms with E-state index in [0.29, 0.717) is 5.92 Å². The Balaban J connectivity index is 0.00000264. The van der Waals surface area contributed by atoms with E-state index in [4.69, 9.17) is 0 Å². The number of nitrogens with zero attached hydrogens (tertiary/aromatic N) is 2. The Labute approximate surface area is 162 Å². The van der Waals surface area contributed by atoms with E-state index in [-0.39, 0.29) is 24.0 Å². The van der Waals surface area contributed by atoms with Crippen molar-refractivity contribution in [2.24, 2.45) is 10.9 Å². The number of aryl methyl sites for hydroxylation is 1. The second-order valence-corrected chi connectivity index (χ2v) is 7.30. The molecule has 0 amide bonds. The highest BCUT2D eigenvalue weighted by molar-refractivity contribution is 14.0. The van der Waals surface area contributed by atoms with E-state index in [2.05, 4.69) is 45.8 Å². The topological polar surface area (TPSA) is 39.7 Å². The van der Waals surface area contributed by atoms with Gasteiger partial charge in [-0.2, -0.15) is 0 Å². The molecule has 0 spiro atoms. The number of hydrogen-bond donors (Lipinski definition) is 2. The second kappa shape index (κ2) is 11.3. The van der Waals surface area contributed by atoms with Gasteiger partial charge in [-0.25, -0.2) is 0 Å². The van der Waals surface area contributed by atoms with E-state index in [1.54, 1.807) is 11.3 Å². The summed E-state index contributed by atoms with van der Waals surface area (Å²) in [5.41, 5.74) is 1.35. The lowest BCUT2D eigenvalue weighted by atomic mass is 10.1. The van der Waals surface area contributed by atoms with Crippen molar-refractivity contribution in [2.45, 2.75) is 39.7 Å². The molecule has 0 radical (unpaired) electrons. The van der Waals surface area contributed by atoms with Gasteiger partial charge in [-0.05, 0) is 55.8 Å². The van der Waals surface area contributed by atoms with Crippen LogP contribution in [0, 0.1) is 12.8 Å². The van der Waals surface area contributed by atoms with E-state index in [1.165, 1.54) is 49.3 Å². The Morgan fingerprint density at radius 1 is 1.30 bits per heavy atom. The lowest BCUT2D eigenvalue weighted by molar-refractivity contribution is 0.201. The Bertz CT molecular complexity index is 469. The van der Waals surface area contributed by atoms with Crippen LogP contribution in [0.3, 0.4) is 0 Å². The zero-order valence-corrected chi connectivity index (χ0v) is 17.7. The van der Waals surface area contributed by atoms with E-state index in [1.807, 2.05) is 7.05 Å². The van der Waals surface area contributed by atoms with Crippen LogP contribution in [0.15, 0.2) is 16.4 Å². The first kappa shape index (κ1) is 20.7. The van der Waals surface area contributed by atoms with Gasteiger partial charge in [0, 0.05) is 25.0 Å². The molecule has 23 heavy (non-hydrogen) atoms. The van der Waals surface area contributed by atoms with Crippen LogP contribution in [0.1, 0.15) is 36.6 Å². The normalized spacial score (nSPS) is 17.4. The highest BCUT2D eigenvalue weighted by Gasteiger charge is 2.13. The first-order valence-corrected chi connectivity index (χ1v) is 9.27. The summed E-state index contributed by atoms with van der Waals surface area (Å²) < 4.78 is 0. The molecule has 1 unspecified atom stereocenters. The third kappa shape index (κ3) is 7.39. The third-order valence-electron chi connectivity index (χ3n) is 4.24. The molecule has 0 saturated carbocycles. The summed E-state index contributed by atoms with van der Waals surface area (Å²) >= 11 is 1.80. The Morgan fingerprint density at radius 2 is 2.04 bits per heavy atom. The standard InChI is InChI=1S/C17H30N4S.HI/c1-14(13-21-8-5-4-6-9-21)11-19-17(18-3)20-12-16-15(2)7-10-22-16;/h7,10,14H,4-6,8-9,11-13H2,1-3H3,(H2,18,19,20);1H. The molecule has 1 saturated heterocycles. The van der Waals surface area contributed by atoms with Gasteiger partial charge in [0.15, 0.2) is 5.96 Å². The predicted molar refractivity (Wildman–Crippen MR) is 112 cm³/mol. The first-order chi connectivity index (χ1) is 10.7. The number of hydrogen-bond acceptors (Lipinski definition) is 3. The van der Waals surface area contributed by atoms with Crippen LogP contribution in [0.4, 0.5) is 0 Å². The summed E-state index contributed by atoms with van der Waals surface area (Å²) in [4.78, 5) is 8.30. The Hall–Kier alpha value is -0.340. The second-order valence-electron chi connectivity index (χ2n) is 6.30. The summed E-state index contributed by atoms with van der Waals surface area (Å²) in [6, 6.07) is 2.17. The largest absolute Gasteiger partial charge is 0.356 e. The zero-order chi connectivity index (χ0) is 15.8. The molecule has 0 bridgehead atoms. The van der Waals surface area contributed by atoms with Crippen LogP contribution < -0.4 is 10.6 Å². The molecule has 1 fully saturated rings. The number of nitrogens with one attached hydrogen (secondary N) is 2. The van der Waals surface area contributed by atoms with Crippen LogP contribution in [0.25, 0.3) is 0 Å². The highest BCUT2D eigenvalue weighted by Crippen LogP contribution is 2.14.